The average molecular weight is 1320 g/mol. The van der Waals surface area contributed by atoms with Crippen molar-refractivity contribution < 1.29 is 67.7 Å². The number of para-hydroxylation sites is 1. The lowest BCUT2D eigenvalue weighted by molar-refractivity contribution is -0.142. The van der Waals surface area contributed by atoms with Crippen molar-refractivity contribution >= 4 is 99.6 Å². The summed E-state index contributed by atoms with van der Waals surface area (Å²) in [6.45, 7) is 7.34. The highest BCUT2D eigenvalue weighted by Gasteiger charge is 2.38. The molecule has 2 rings (SSSR count). The van der Waals surface area contributed by atoms with Gasteiger partial charge in [-0.3, -0.25) is 57.7 Å². The van der Waals surface area contributed by atoms with Crippen LogP contribution in [0.3, 0.4) is 0 Å². The molecule has 0 saturated heterocycles. The van der Waals surface area contributed by atoms with E-state index in [9.17, 15) is 67.7 Å². The maximum Gasteiger partial charge on any atom is 0.326 e. The van der Waals surface area contributed by atoms with Crippen molar-refractivity contribution in [1.29, 1.82) is 0 Å². The number of H-pyrrole nitrogens is 1. The molecule has 0 fully saturated rings. The van der Waals surface area contributed by atoms with Gasteiger partial charge in [-0.25, -0.2) is 4.79 Å². The number of aliphatic imine (C=N–C) groups is 1. The third kappa shape index (κ3) is 29.0. The lowest BCUT2D eigenvalue weighted by Crippen LogP contribution is -2.62. The molecule has 33 heteroatoms. The molecule has 11 atom stereocenters. The highest BCUT2D eigenvalue weighted by molar-refractivity contribution is 7.98. The van der Waals surface area contributed by atoms with Gasteiger partial charge in [-0.2, -0.15) is 11.8 Å². The standard InChI is InChI=1S/C59H100N18O14S/c1-6-33(4)48(77-53(85)41(22-27-92-5)72-54(86)43(28-34-31-68-37-17-8-7-16-35(34)37)74-56(88)47(32(2)3)76-49(81)36(63)29-46(79)80)57(89)75-44(30-45(64)78)55(87)71-39(19-10-13-24-61)51(83)69-38(18-9-12-23-60)50(82)70-40(21-15-26-67-59(65)66)52(84)73-42(58(90)91)20-11-14-25-62/h7-8,16-17,31-33,36,38-44,47-48,68H,6,9-15,18-30,60-63H2,1-5H3,(H2,64,78)(H,69,83)(H,70,82)(H,71,87)(H,72,86)(H,73,84)(H,74,88)(H,75,89)(H,76,81)(H,77,85)(H,79,80)(H,90,91)(H4,65,66,67)/t33-,36-,38-,39-,40-,41-,42-,43-,44-,47-,48-/m0/s1. The van der Waals surface area contributed by atoms with Gasteiger partial charge < -0.3 is 103 Å². The van der Waals surface area contributed by atoms with Crippen LogP contribution < -0.4 is 88.0 Å². The first-order valence-electron chi connectivity index (χ1n) is 31.0. The zero-order valence-electron chi connectivity index (χ0n) is 53.4. The number of nitrogens with one attached hydrogen (secondary N) is 10. The first-order valence-corrected chi connectivity index (χ1v) is 32.4. The summed E-state index contributed by atoms with van der Waals surface area (Å²) < 4.78 is 0. The highest BCUT2D eigenvalue weighted by Crippen LogP contribution is 2.21. The fourth-order valence-corrected chi connectivity index (χ4v) is 10.1. The molecule has 92 heavy (non-hydrogen) atoms. The number of carboxylic acid groups (broad SMARTS) is 2. The van der Waals surface area contributed by atoms with E-state index in [1.54, 1.807) is 64.4 Å². The van der Waals surface area contributed by atoms with Gasteiger partial charge in [0.25, 0.3) is 0 Å². The Morgan fingerprint density at radius 3 is 1.45 bits per heavy atom. The van der Waals surface area contributed by atoms with E-state index in [0.29, 0.717) is 50.0 Å². The Kier molecular flexibility index (Phi) is 37.2. The minimum absolute atomic E-state index is 0.00310. The molecule has 1 aromatic carbocycles. The summed E-state index contributed by atoms with van der Waals surface area (Å²) >= 11 is 1.34. The fraction of sp³-hybridized carbons (Fsp3) is 0.644. The van der Waals surface area contributed by atoms with Crippen LogP contribution in [0.1, 0.15) is 130 Å². The quantitative estimate of drug-likeness (QED) is 0.0176. The van der Waals surface area contributed by atoms with E-state index in [2.05, 4.69) is 57.8 Å². The van der Waals surface area contributed by atoms with Gasteiger partial charge in [-0.15, -0.1) is 0 Å². The van der Waals surface area contributed by atoms with Gasteiger partial charge in [0.15, 0.2) is 5.96 Å². The number of carboxylic acids is 2. The summed E-state index contributed by atoms with van der Waals surface area (Å²) in [6.07, 6.45) is 4.32. The number of thioether (sulfide) groups is 1. The number of nitrogens with zero attached hydrogens (tertiary/aromatic N) is 1. The Morgan fingerprint density at radius 2 is 0.967 bits per heavy atom. The number of guanidine groups is 1. The number of rotatable bonds is 47. The zero-order chi connectivity index (χ0) is 69.0. The smallest absolute Gasteiger partial charge is 0.326 e. The van der Waals surface area contributed by atoms with E-state index < -0.39 is 156 Å². The number of aromatic nitrogens is 1. The number of primary amides is 1. The predicted molar refractivity (Wildman–Crippen MR) is 347 cm³/mol. The third-order valence-electron chi connectivity index (χ3n) is 15.1. The number of amides is 10. The number of aliphatic carboxylic acids is 2. The zero-order valence-corrected chi connectivity index (χ0v) is 54.2. The summed E-state index contributed by atoms with van der Waals surface area (Å²) in [4.78, 5) is 171. The molecule has 10 amide bonds. The maximum absolute atomic E-state index is 14.6. The largest absolute Gasteiger partial charge is 0.481 e. The van der Waals surface area contributed by atoms with Gasteiger partial charge in [0.05, 0.1) is 18.9 Å². The number of benzene rings is 1. The Balaban J connectivity index is 2.54. The van der Waals surface area contributed by atoms with Crippen molar-refractivity contribution in [3.8, 4) is 0 Å². The van der Waals surface area contributed by atoms with Crippen molar-refractivity contribution in [2.24, 2.45) is 57.0 Å². The molecule has 0 spiro atoms. The molecular weight excluding hydrogens is 1220 g/mol. The molecule has 0 radical (unpaired) electrons. The van der Waals surface area contributed by atoms with Crippen LogP contribution in [0.15, 0.2) is 35.5 Å². The monoisotopic (exact) mass is 1320 g/mol. The first-order chi connectivity index (χ1) is 43.6. The molecule has 0 aliphatic carbocycles. The van der Waals surface area contributed by atoms with E-state index in [4.69, 9.17) is 40.1 Å². The number of aromatic amines is 1. The summed E-state index contributed by atoms with van der Waals surface area (Å²) in [6, 6.07) is -7.03. The molecule has 0 unspecified atom stereocenters. The van der Waals surface area contributed by atoms with Crippen LogP contribution in [-0.2, 0) is 64.0 Å². The van der Waals surface area contributed by atoms with Crippen molar-refractivity contribution in [2.45, 2.75) is 191 Å². The topological polar surface area (TPSA) is 564 Å². The molecule has 0 aliphatic heterocycles. The number of fused-ring (bicyclic) bond motifs is 1. The second kappa shape index (κ2) is 42.8. The summed E-state index contributed by atoms with van der Waals surface area (Å²) in [7, 11) is 0. The van der Waals surface area contributed by atoms with E-state index >= 15 is 0 Å². The van der Waals surface area contributed by atoms with Gasteiger partial charge in [-0.1, -0.05) is 52.3 Å². The van der Waals surface area contributed by atoms with Gasteiger partial charge in [-0.05, 0) is 132 Å². The number of carbonyl (C=O) groups excluding carboxylic acids is 10. The van der Waals surface area contributed by atoms with Crippen LogP contribution in [0, 0.1) is 11.8 Å². The number of unbranched alkanes of at least 4 members (excludes halogenated alkanes) is 3. The molecule has 0 bridgehead atoms. The third-order valence-corrected chi connectivity index (χ3v) is 15.7. The van der Waals surface area contributed by atoms with Gasteiger partial charge in [0.1, 0.15) is 54.4 Å². The molecule has 26 N–H and O–H groups in total. The highest BCUT2D eigenvalue weighted by atomic mass is 32.2. The summed E-state index contributed by atoms with van der Waals surface area (Å²) in [5, 5.41) is 43.3. The SMILES string of the molecule is CC[C@H](C)[C@H](NC(=O)[C@H](CCSC)NC(=O)[C@H](Cc1c[nH]c2ccccc12)NC(=O)[C@@H](NC(=O)[C@@H](N)CC(=O)O)C(C)C)C(=O)N[C@@H](CC(N)=O)C(=O)N[C@@H](CCCCN)C(=O)N[C@@H](CCCCN)C(=O)N[C@@H](CCCN=C(N)N)C(=O)N[C@@H](CCCCN)C(=O)O. The molecule has 0 saturated carbocycles. The first kappa shape index (κ1) is 80.0. The van der Waals surface area contributed by atoms with E-state index in [1.165, 1.54) is 11.8 Å². The minimum Gasteiger partial charge on any atom is -0.481 e. The number of hydrogen-bond donors (Lipinski definition) is 19. The van der Waals surface area contributed by atoms with Crippen molar-refractivity contribution in [1.82, 2.24) is 52.8 Å². The Morgan fingerprint density at radius 1 is 0.533 bits per heavy atom. The molecule has 2 aromatic rings. The average Bonchev–Trinajstić information content (AvgIpc) is 1.63. The van der Waals surface area contributed by atoms with E-state index in [0.717, 1.165) is 10.9 Å². The number of hydrogen-bond acceptors (Lipinski definition) is 18. The lowest BCUT2D eigenvalue weighted by Gasteiger charge is -2.30. The second-order valence-corrected chi connectivity index (χ2v) is 23.9. The molecule has 0 aliphatic rings. The lowest BCUT2D eigenvalue weighted by atomic mass is 9.96. The molecular formula is C59H100N18O14S. The van der Waals surface area contributed by atoms with Crippen molar-refractivity contribution in [3.63, 3.8) is 0 Å². The summed E-state index contributed by atoms with van der Waals surface area (Å²) in [5.74, 6) is -12.9. The number of carbonyl (C=O) groups is 12. The van der Waals surface area contributed by atoms with Crippen LogP contribution in [0.2, 0.25) is 0 Å². The normalized spacial score (nSPS) is 14.8. The van der Waals surface area contributed by atoms with E-state index in [1.807, 2.05) is 0 Å². The van der Waals surface area contributed by atoms with E-state index in [-0.39, 0.29) is 83.4 Å². The Bertz CT molecular complexity index is 2780. The fourth-order valence-electron chi connectivity index (χ4n) is 9.61. The Hall–Kier alpha value is -8.14. The van der Waals surface area contributed by atoms with Gasteiger partial charge in [0.2, 0.25) is 59.1 Å². The molecule has 32 nitrogen and oxygen atoms in total. The van der Waals surface area contributed by atoms with Crippen molar-refractivity contribution in [2.75, 3.05) is 38.2 Å². The van der Waals surface area contributed by atoms with Gasteiger partial charge >= 0.3 is 11.9 Å². The predicted octanol–water partition coefficient (Wildman–Crippen LogP) is -3.27. The van der Waals surface area contributed by atoms with Gasteiger partial charge in [0, 0.05) is 30.1 Å². The Labute approximate surface area is 540 Å². The van der Waals surface area contributed by atoms with Crippen LogP contribution in [-0.4, -0.2) is 191 Å². The van der Waals surface area contributed by atoms with Crippen LogP contribution in [0.5, 0.6) is 0 Å². The second-order valence-electron chi connectivity index (χ2n) is 22.9. The van der Waals surface area contributed by atoms with Crippen LogP contribution in [0.4, 0.5) is 0 Å². The number of nitrogens with two attached hydrogens (primary N) is 7. The summed E-state index contributed by atoms with van der Waals surface area (Å²) in [5.41, 5.74) is 40.9. The minimum atomic E-state index is -1.76. The van der Waals surface area contributed by atoms with Crippen LogP contribution in [0.25, 0.3) is 10.9 Å². The molecule has 1 heterocycles. The maximum atomic E-state index is 14.6. The molecule has 1 aromatic heterocycles. The van der Waals surface area contributed by atoms with Crippen LogP contribution >= 0.6 is 11.8 Å². The van der Waals surface area contributed by atoms with Crippen molar-refractivity contribution in [3.05, 3.63) is 36.0 Å². The molecule has 516 valence electrons.